The third-order valence-corrected chi connectivity index (χ3v) is 9.71. The number of fused-ring (bicyclic) bond motifs is 6. The largest absolute Gasteiger partial charge is 0.480 e. The van der Waals surface area contributed by atoms with Crippen LogP contribution in [-0.2, 0) is 38.1 Å². The number of likely N-dealkylation sites (N-methyl/N-ethyl adjacent to an activating group) is 1. The number of carbonyl (C=O) groups is 6. The molecule has 0 fully saturated rings. The monoisotopic (exact) mass is 835 g/mol. The Morgan fingerprint density at radius 2 is 0.852 bits per heavy atom. The van der Waals surface area contributed by atoms with E-state index in [0.29, 0.717) is 0 Å². The van der Waals surface area contributed by atoms with Gasteiger partial charge in [-0.05, 0) is 86.1 Å². The lowest BCUT2D eigenvalue weighted by atomic mass is 9.98. The van der Waals surface area contributed by atoms with Crippen LogP contribution in [0.4, 0.5) is 9.59 Å². The zero-order chi connectivity index (χ0) is 44.5. The van der Waals surface area contributed by atoms with Gasteiger partial charge in [-0.2, -0.15) is 0 Å². The third kappa shape index (κ3) is 12.2. The third-order valence-electron chi connectivity index (χ3n) is 9.71. The van der Waals surface area contributed by atoms with Crippen LogP contribution in [0.25, 0.3) is 22.3 Å². The van der Waals surface area contributed by atoms with Crippen molar-refractivity contribution in [1.82, 2.24) is 16.0 Å². The second-order valence-electron chi connectivity index (χ2n) is 16.6. The molecule has 2 atom stereocenters. The Bertz CT molecular complexity index is 2170. The summed E-state index contributed by atoms with van der Waals surface area (Å²) in [4.78, 5) is 72.3. The molecule has 0 bridgehead atoms. The lowest BCUT2D eigenvalue weighted by Crippen LogP contribution is -2.47. The molecule has 2 aliphatic rings. The molecule has 0 spiro atoms. The summed E-state index contributed by atoms with van der Waals surface area (Å²) < 4.78 is 21.2. The summed E-state index contributed by atoms with van der Waals surface area (Å²) in [6, 6.07) is 29.3. The second kappa shape index (κ2) is 19.6. The molecule has 0 aromatic heterocycles. The predicted octanol–water partition coefficient (Wildman–Crippen LogP) is 7.08. The van der Waals surface area contributed by atoms with Crippen LogP contribution in [0.1, 0.15) is 88.5 Å². The summed E-state index contributed by atoms with van der Waals surface area (Å²) >= 11 is 0. The highest BCUT2D eigenvalue weighted by atomic mass is 16.6. The van der Waals surface area contributed by atoms with Crippen LogP contribution in [0, 0.1) is 0 Å². The van der Waals surface area contributed by atoms with E-state index < -0.39 is 65.7 Å². The quantitative estimate of drug-likeness (QED) is 0.0841. The Labute approximate surface area is 355 Å². The number of carbonyl (C=O) groups excluding carboxylic acids is 5. The lowest BCUT2D eigenvalue weighted by Gasteiger charge is -2.22. The number of nitrogens with one attached hydrogen (secondary N) is 3. The number of alkyl carbamates (subject to hydrolysis) is 2. The minimum Gasteiger partial charge on any atom is -0.480 e. The van der Waals surface area contributed by atoms with Crippen molar-refractivity contribution in [2.24, 2.45) is 0 Å². The van der Waals surface area contributed by atoms with Crippen LogP contribution in [0.15, 0.2) is 97.1 Å². The highest BCUT2D eigenvalue weighted by Gasteiger charge is 2.33. The van der Waals surface area contributed by atoms with Gasteiger partial charge in [-0.3, -0.25) is 14.4 Å². The van der Waals surface area contributed by atoms with Crippen LogP contribution in [-0.4, -0.2) is 84.7 Å². The standard InChI is InChI=1S/C24H28N2O5.C23H25NO6/c1-24(2,3)31-21(27)13-20(22(28)25-4)26-23(29)30-14-19-17-11-7-5-9-15(17)16-10-6-8-12-18(16)19;1-23(2,3)30-20(25)12-19(21(26)27)24-22(28)29-13-18-16-10-6-4-8-14(16)15-9-5-7-11-17(15)18/h5-12,19-20H,13-14H2,1-4H3,(H,25,28)(H,26,29);4-11,18-19H,12-13H2,1-3H3,(H,24,28)(H,26,27)/t20-;19-/m11/s1. The molecule has 6 rings (SSSR count). The van der Waals surface area contributed by atoms with Gasteiger partial charge >= 0.3 is 30.1 Å². The molecule has 0 heterocycles. The molecule has 0 saturated heterocycles. The van der Waals surface area contributed by atoms with Crippen molar-refractivity contribution in [3.63, 3.8) is 0 Å². The fraction of sp³-hybridized carbons (Fsp3) is 0.362. The molecular weight excluding hydrogens is 783 g/mol. The van der Waals surface area contributed by atoms with E-state index in [4.69, 9.17) is 18.9 Å². The van der Waals surface area contributed by atoms with Crippen LogP contribution >= 0.6 is 0 Å². The second-order valence-corrected chi connectivity index (χ2v) is 16.6. The van der Waals surface area contributed by atoms with E-state index in [9.17, 15) is 33.9 Å². The number of hydrogen-bond acceptors (Lipinski definition) is 10. The molecule has 14 heteroatoms. The molecule has 3 amide bonds. The Morgan fingerprint density at radius 1 is 0.541 bits per heavy atom. The average Bonchev–Trinajstić information content (AvgIpc) is 3.69. The van der Waals surface area contributed by atoms with E-state index in [2.05, 4.69) is 28.1 Å². The van der Waals surface area contributed by atoms with Crippen LogP contribution < -0.4 is 16.0 Å². The molecule has 0 radical (unpaired) electrons. The van der Waals surface area contributed by atoms with Gasteiger partial charge in [-0.15, -0.1) is 0 Å². The number of carboxylic acid groups (broad SMARTS) is 1. The first-order chi connectivity index (χ1) is 28.8. The fourth-order valence-corrected chi connectivity index (χ4v) is 7.25. The van der Waals surface area contributed by atoms with Gasteiger partial charge in [0.25, 0.3) is 0 Å². The van der Waals surface area contributed by atoms with E-state index >= 15 is 0 Å². The Balaban J connectivity index is 0.000000231. The summed E-state index contributed by atoms with van der Waals surface area (Å²) in [5.74, 6) is -3.37. The molecule has 4 aromatic carbocycles. The van der Waals surface area contributed by atoms with Crippen molar-refractivity contribution in [3.8, 4) is 22.3 Å². The SMILES string of the molecule is CC(C)(C)OC(=O)C[C@@H](NC(=O)OCC1c2ccccc2-c2ccccc21)C(=O)O.CNC(=O)[C@@H](CC(=O)OC(C)(C)C)NC(=O)OCC1c2ccccc2-c2ccccc21. The summed E-state index contributed by atoms with van der Waals surface area (Å²) in [7, 11) is 1.43. The van der Waals surface area contributed by atoms with E-state index in [1.54, 1.807) is 41.5 Å². The molecule has 2 aliphatic carbocycles. The van der Waals surface area contributed by atoms with E-state index in [0.717, 1.165) is 44.5 Å². The number of esters is 2. The Hall–Kier alpha value is -6.70. The molecule has 4 aromatic rings. The highest BCUT2D eigenvalue weighted by molar-refractivity contribution is 5.90. The molecule has 0 unspecified atom stereocenters. The van der Waals surface area contributed by atoms with Gasteiger partial charge in [0.1, 0.15) is 36.5 Å². The minimum absolute atomic E-state index is 0.0542. The number of aliphatic carboxylic acids is 1. The van der Waals surface area contributed by atoms with Gasteiger partial charge in [0, 0.05) is 18.9 Å². The summed E-state index contributed by atoms with van der Waals surface area (Å²) in [5.41, 5.74) is 7.29. The van der Waals surface area contributed by atoms with E-state index in [1.165, 1.54) is 7.05 Å². The molecule has 322 valence electrons. The van der Waals surface area contributed by atoms with E-state index in [1.807, 2.05) is 84.9 Å². The lowest BCUT2D eigenvalue weighted by molar-refractivity contribution is -0.158. The number of ether oxygens (including phenoxy) is 4. The zero-order valence-corrected chi connectivity index (χ0v) is 35.4. The van der Waals surface area contributed by atoms with Crippen LogP contribution in [0.3, 0.4) is 0 Å². The maximum Gasteiger partial charge on any atom is 0.407 e. The highest BCUT2D eigenvalue weighted by Crippen LogP contribution is 2.45. The summed E-state index contributed by atoms with van der Waals surface area (Å²) in [6.45, 7) is 10.4. The van der Waals surface area contributed by atoms with Crippen molar-refractivity contribution in [2.75, 3.05) is 20.3 Å². The van der Waals surface area contributed by atoms with Gasteiger partial charge in [0.05, 0.1) is 12.8 Å². The minimum atomic E-state index is -1.43. The maximum absolute atomic E-state index is 12.5. The van der Waals surface area contributed by atoms with Gasteiger partial charge in [-0.1, -0.05) is 97.1 Å². The van der Waals surface area contributed by atoms with Gasteiger partial charge in [0.2, 0.25) is 5.91 Å². The van der Waals surface area contributed by atoms with Crippen molar-refractivity contribution >= 4 is 36.0 Å². The number of benzene rings is 4. The maximum atomic E-state index is 12.5. The van der Waals surface area contributed by atoms with Gasteiger partial charge < -0.3 is 40.0 Å². The number of rotatable bonds is 12. The number of hydrogen-bond donors (Lipinski definition) is 4. The normalized spacial score (nSPS) is 13.6. The van der Waals surface area contributed by atoms with Crippen molar-refractivity contribution in [2.45, 2.75) is 89.5 Å². The first-order valence-electron chi connectivity index (χ1n) is 20.0. The van der Waals surface area contributed by atoms with E-state index in [-0.39, 0.29) is 31.5 Å². The topological polar surface area (TPSA) is 196 Å². The first-order valence-corrected chi connectivity index (χ1v) is 20.0. The average molecular weight is 836 g/mol. The van der Waals surface area contributed by atoms with Crippen LogP contribution in [0.5, 0.6) is 0 Å². The fourth-order valence-electron chi connectivity index (χ4n) is 7.25. The smallest absolute Gasteiger partial charge is 0.407 e. The molecule has 61 heavy (non-hydrogen) atoms. The van der Waals surface area contributed by atoms with Crippen molar-refractivity contribution < 1.29 is 52.8 Å². The van der Waals surface area contributed by atoms with Crippen LogP contribution in [0.2, 0.25) is 0 Å². The Morgan fingerprint density at radius 3 is 1.16 bits per heavy atom. The molecular formula is C47H53N3O11. The van der Waals surface area contributed by atoms with Gasteiger partial charge in [0.15, 0.2) is 0 Å². The first kappa shape index (κ1) is 45.4. The van der Waals surface area contributed by atoms with Crippen molar-refractivity contribution in [3.05, 3.63) is 119 Å². The van der Waals surface area contributed by atoms with Gasteiger partial charge in [-0.25, -0.2) is 14.4 Å². The molecule has 0 aliphatic heterocycles. The molecule has 0 saturated carbocycles. The molecule has 4 N–H and O–H groups in total. The predicted molar refractivity (Wildman–Crippen MR) is 227 cm³/mol. The number of carboxylic acids is 1. The molecule has 14 nitrogen and oxygen atoms in total. The zero-order valence-electron chi connectivity index (χ0n) is 35.4. The van der Waals surface area contributed by atoms with Crippen molar-refractivity contribution in [1.29, 1.82) is 0 Å². The summed E-state index contributed by atoms with van der Waals surface area (Å²) in [5, 5.41) is 16.5. The Kier molecular flexibility index (Phi) is 14.6. The number of amides is 3. The summed E-state index contributed by atoms with van der Waals surface area (Å²) in [6.07, 6.45) is -2.44.